The zero-order valence-corrected chi connectivity index (χ0v) is 13.0. The Labute approximate surface area is 126 Å². The van der Waals surface area contributed by atoms with Crippen molar-refractivity contribution >= 4 is 23.4 Å². The van der Waals surface area contributed by atoms with Crippen LogP contribution in [0.1, 0.15) is 25.5 Å². The van der Waals surface area contributed by atoms with Gasteiger partial charge in [0.25, 0.3) is 0 Å². The van der Waals surface area contributed by atoms with Crippen molar-refractivity contribution in [2.24, 2.45) is 5.73 Å². The van der Waals surface area contributed by atoms with Gasteiger partial charge in [-0.2, -0.15) is 0 Å². The number of halogens is 1. The Morgan fingerprint density at radius 3 is 2.90 bits per heavy atom. The monoisotopic (exact) mass is 312 g/mol. The van der Waals surface area contributed by atoms with Crippen LogP contribution < -0.4 is 11.4 Å². The summed E-state index contributed by atoms with van der Waals surface area (Å²) in [6.45, 7) is 4.45. The molecule has 2 rings (SSSR count). The van der Waals surface area contributed by atoms with E-state index >= 15 is 0 Å². The topological polar surface area (TPSA) is 76.7 Å². The summed E-state index contributed by atoms with van der Waals surface area (Å²) in [7, 11) is 0. The fourth-order valence-electron chi connectivity index (χ4n) is 1.90. The summed E-state index contributed by atoms with van der Waals surface area (Å²) in [5.74, 6) is 0. The van der Waals surface area contributed by atoms with Crippen LogP contribution in [-0.4, -0.2) is 21.3 Å². The van der Waals surface area contributed by atoms with E-state index < -0.39 is 0 Å². The molecule has 0 saturated heterocycles. The number of benzene rings is 1. The summed E-state index contributed by atoms with van der Waals surface area (Å²) < 4.78 is 1.62. The zero-order valence-electron chi connectivity index (χ0n) is 11.4. The number of H-pyrrole nitrogens is 1. The summed E-state index contributed by atoms with van der Waals surface area (Å²) in [4.78, 5) is 12.7. The van der Waals surface area contributed by atoms with Gasteiger partial charge in [-0.3, -0.25) is 4.57 Å². The lowest BCUT2D eigenvalue weighted by molar-refractivity contribution is 0.534. The molecule has 0 saturated carbocycles. The highest BCUT2D eigenvalue weighted by molar-refractivity contribution is 7.99. The summed E-state index contributed by atoms with van der Waals surface area (Å²) >= 11 is 7.47. The van der Waals surface area contributed by atoms with Crippen LogP contribution in [0, 0.1) is 0 Å². The molecule has 0 radical (unpaired) electrons. The predicted octanol–water partition coefficient (Wildman–Crippen LogP) is 2.46. The molecule has 0 aliphatic heterocycles. The first kappa shape index (κ1) is 15.2. The minimum atomic E-state index is -0.204. The van der Waals surface area contributed by atoms with Crippen molar-refractivity contribution in [3.8, 4) is 0 Å². The molecule has 5 nitrogen and oxygen atoms in total. The zero-order chi connectivity index (χ0) is 14.7. The van der Waals surface area contributed by atoms with E-state index in [0.29, 0.717) is 16.7 Å². The number of hydrogen-bond donors (Lipinski definition) is 2. The fourth-order valence-corrected chi connectivity index (χ4v) is 3.31. The molecule has 1 aromatic carbocycles. The molecular weight excluding hydrogens is 296 g/mol. The second kappa shape index (κ2) is 6.47. The van der Waals surface area contributed by atoms with Crippen LogP contribution in [0.25, 0.3) is 0 Å². The van der Waals surface area contributed by atoms with Crippen LogP contribution >= 0.6 is 23.4 Å². The highest BCUT2D eigenvalue weighted by Crippen LogP contribution is 2.31. The Bertz CT molecular complexity index is 650. The standard InChI is InChI=1S/C13H17ClN4OS/c1-8(2)18-12(19)16-17-13(18)20-11-7-10(14)4-3-9(11)5-6-15/h3-4,7-8H,5-6,15H2,1-2H3,(H,16,19). The van der Waals surface area contributed by atoms with Crippen LogP contribution in [0.4, 0.5) is 0 Å². The summed E-state index contributed by atoms with van der Waals surface area (Å²) in [5.41, 5.74) is 6.52. The lowest BCUT2D eigenvalue weighted by Gasteiger charge is -2.11. The minimum Gasteiger partial charge on any atom is -0.330 e. The normalized spacial score (nSPS) is 11.2. The molecule has 0 unspecified atom stereocenters. The van der Waals surface area contributed by atoms with Gasteiger partial charge < -0.3 is 5.73 Å². The van der Waals surface area contributed by atoms with Gasteiger partial charge in [-0.25, -0.2) is 9.89 Å². The van der Waals surface area contributed by atoms with Gasteiger partial charge >= 0.3 is 5.69 Å². The van der Waals surface area contributed by atoms with Crippen LogP contribution in [0.5, 0.6) is 0 Å². The van der Waals surface area contributed by atoms with Crippen molar-refractivity contribution in [3.63, 3.8) is 0 Å². The number of nitrogens with zero attached hydrogens (tertiary/aromatic N) is 2. The van der Waals surface area contributed by atoms with Crippen molar-refractivity contribution in [2.45, 2.75) is 36.4 Å². The maximum atomic E-state index is 11.7. The van der Waals surface area contributed by atoms with Crippen LogP contribution in [0.15, 0.2) is 33.0 Å². The average molecular weight is 313 g/mol. The van der Waals surface area contributed by atoms with Crippen molar-refractivity contribution in [1.29, 1.82) is 0 Å². The fraction of sp³-hybridized carbons (Fsp3) is 0.385. The first-order valence-corrected chi connectivity index (χ1v) is 7.55. The van der Waals surface area contributed by atoms with Gasteiger partial charge in [0, 0.05) is 16.0 Å². The van der Waals surface area contributed by atoms with Crippen LogP contribution in [-0.2, 0) is 6.42 Å². The third-order valence-electron chi connectivity index (χ3n) is 2.83. The van der Waals surface area contributed by atoms with E-state index in [1.165, 1.54) is 11.8 Å². The molecule has 0 aliphatic carbocycles. The molecule has 0 fully saturated rings. The molecule has 3 N–H and O–H groups in total. The first-order chi connectivity index (χ1) is 9.52. The van der Waals surface area contributed by atoms with Gasteiger partial charge in [0.1, 0.15) is 0 Å². The van der Waals surface area contributed by atoms with Crippen LogP contribution in [0.2, 0.25) is 5.02 Å². The Morgan fingerprint density at radius 1 is 1.50 bits per heavy atom. The molecule has 2 aromatic rings. The van der Waals surface area contributed by atoms with Gasteiger partial charge in [-0.1, -0.05) is 17.7 Å². The van der Waals surface area contributed by atoms with E-state index in [1.807, 2.05) is 32.0 Å². The van der Waals surface area contributed by atoms with Crippen LogP contribution in [0.3, 0.4) is 0 Å². The Morgan fingerprint density at radius 2 is 2.25 bits per heavy atom. The SMILES string of the molecule is CC(C)n1c(Sc2cc(Cl)ccc2CCN)n[nH]c1=O. The molecule has 1 aromatic heterocycles. The highest BCUT2D eigenvalue weighted by Gasteiger charge is 2.14. The van der Waals surface area contributed by atoms with Gasteiger partial charge in [0.05, 0.1) is 0 Å². The van der Waals surface area contributed by atoms with Crippen molar-refractivity contribution < 1.29 is 0 Å². The number of aromatic nitrogens is 3. The van der Waals surface area contributed by atoms with Gasteiger partial charge in [0.15, 0.2) is 5.16 Å². The largest absolute Gasteiger partial charge is 0.344 e. The number of rotatable bonds is 5. The molecule has 20 heavy (non-hydrogen) atoms. The number of nitrogens with two attached hydrogens (primary N) is 1. The van der Waals surface area contributed by atoms with E-state index in [9.17, 15) is 4.79 Å². The number of nitrogens with one attached hydrogen (secondary N) is 1. The minimum absolute atomic E-state index is 0.0425. The predicted molar refractivity (Wildman–Crippen MR) is 81.6 cm³/mol. The molecule has 7 heteroatoms. The van der Waals surface area contributed by atoms with E-state index in [1.54, 1.807) is 4.57 Å². The van der Waals surface area contributed by atoms with Gasteiger partial charge in [-0.15, -0.1) is 5.10 Å². The third-order valence-corrected chi connectivity index (χ3v) is 4.14. The lowest BCUT2D eigenvalue weighted by atomic mass is 10.1. The molecule has 0 amide bonds. The maximum Gasteiger partial charge on any atom is 0.344 e. The van der Waals surface area contributed by atoms with E-state index in [2.05, 4.69) is 10.2 Å². The van der Waals surface area contributed by atoms with E-state index in [4.69, 9.17) is 17.3 Å². The van der Waals surface area contributed by atoms with Crippen molar-refractivity contribution in [1.82, 2.24) is 14.8 Å². The van der Waals surface area contributed by atoms with E-state index in [0.717, 1.165) is 16.9 Å². The molecule has 0 aliphatic rings. The Kier molecular flexibility index (Phi) is 4.91. The molecule has 0 spiro atoms. The van der Waals surface area contributed by atoms with Crippen molar-refractivity contribution in [3.05, 3.63) is 39.3 Å². The number of aromatic amines is 1. The summed E-state index contributed by atoms with van der Waals surface area (Å²) in [5, 5.41) is 7.85. The van der Waals surface area contributed by atoms with E-state index in [-0.39, 0.29) is 11.7 Å². The summed E-state index contributed by atoms with van der Waals surface area (Å²) in [6.07, 6.45) is 0.760. The Hall–Kier alpha value is -1.24. The molecule has 1 heterocycles. The van der Waals surface area contributed by atoms with Crippen molar-refractivity contribution in [2.75, 3.05) is 6.54 Å². The quantitative estimate of drug-likeness (QED) is 0.889. The summed E-state index contributed by atoms with van der Waals surface area (Å²) in [6, 6.07) is 5.72. The van der Waals surface area contributed by atoms with Gasteiger partial charge in [0.2, 0.25) is 0 Å². The first-order valence-electron chi connectivity index (χ1n) is 6.36. The maximum absolute atomic E-state index is 11.7. The Balaban J connectivity index is 2.39. The van der Waals surface area contributed by atoms with Gasteiger partial charge in [-0.05, 0) is 56.3 Å². The average Bonchev–Trinajstić information content (AvgIpc) is 2.74. The molecule has 0 atom stereocenters. The molecule has 0 bridgehead atoms. The highest BCUT2D eigenvalue weighted by atomic mass is 35.5. The molecule has 108 valence electrons. The second-order valence-corrected chi connectivity index (χ2v) is 6.11. The smallest absolute Gasteiger partial charge is 0.330 e. The number of hydrogen-bond acceptors (Lipinski definition) is 4. The second-order valence-electron chi connectivity index (χ2n) is 4.67. The molecular formula is C13H17ClN4OS. The third kappa shape index (κ3) is 3.26. The lowest BCUT2D eigenvalue weighted by Crippen LogP contribution is -2.19.